The first kappa shape index (κ1) is 9.05. The lowest BCUT2D eigenvalue weighted by Gasteiger charge is -1.95. The van der Waals surface area contributed by atoms with E-state index in [1.807, 2.05) is 6.26 Å². The Kier molecular flexibility index (Phi) is 2.58. The van der Waals surface area contributed by atoms with Gasteiger partial charge in [0.1, 0.15) is 4.21 Å². The normalized spacial score (nSPS) is 11.8. The Morgan fingerprint density at radius 1 is 1.64 bits per heavy atom. The number of thioether (sulfide) groups is 1. The van der Waals surface area contributed by atoms with Gasteiger partial charge in [0.25, 0.3) is 0 Å². The zero-order chi connectivity index (χ0) is 8.48. The molecule has 6 heteroatoms. The molecule has 1 aromatic rings. The van der Waals surface area contributed by atoms with Gasteiger partial charge >= 0.3 is 0 Å². The fourth-order valence-corrected chi connectivity index (χ4v) is 3.66. The van der Waals surface area contributed by atoms with Crippen LogP contribution in [0, 0.1) is 0 Å². The third kappa shape index (κ3) is 1.96. The molecule has 0 aliphatic heterocycles. The Balaban J connectivity index is 3.24. The highest BCUT2D eigenvalue weighted by atomic mass is 32.2. The third-order valence-electron chi connectivity index (χ3n) is 1.07. The van der Waals surface area contributed by atoms with Gasteiger partial charge in [-0.1, -0.05) is 0 Å². The van der Waals surface area contributed by atoms with Crippen molar-refractivity contribution in [1.82, 2.24) is 0 Å². The van der Waals surface area contributed by atoms with Gasteiger partial charge in [0.05, 0.1) is 0 Å². The van der Waals surface area contributed by atoms with Crippen molar-refractivity contribution < 1.29 is 8.42 Å². The van der Waals surface area contributed by atoms with Crippen LogP contribution in [0.25, 0.3) is 0 Å². The van der Waals surface area contributed by atoms with Gasteiger partial charge in [-0.25, -0.2) is 13.6 Å². The lowest BCUT2D eigenvalue weighted by atomic mass is 10.7. The summed E-state index contributed by atoms with van der Waals surface area (Å²) in [6.07, 6.45) is 1.82. The largest absolute Gasteiger partial charge is 0.248 e. The molecule has 0 radical (unpaired) electrons. The summed E-state index contributed by atoms with van der Waals surface area (Å²) in [5.74, 6) is 0. The van der Waals surface area contributed by atoms with Gasteiger partial charge in [-0.15, -0.1) is 23.1 Å². The van der Waals surface area contributed by atoms with Gasteiger partial charge in [0, 0.05) is 4.90 Å². The Morgan fingerprint density at radius 3 is 2.64 bits per heavy atom. The molecule has 0 aliphatic carbocycles. The quantitative estimate of drug-likeness (QED) is 0.742. The highest BCUT2D eigenvalue weighted by molar-refractivity contribution is 8.00. The summed E-state index contributed by atoms with van der Waals surface area (Å²) in [5.41, 5.74) is 0. The number of rotatable bonds is 2. The minimum atomic E-state index is -3.50. The van der Waals surface area contributed by atoms with Gasteiger partial charge in [0.2, 0.25) is 10.0 Å². The van der Waals surface area contributed by atoms with Crippen LogP contribution in [-0.4, -0.2) is 14.7 Å². The van der Waals surface area contributed by atoms with E-state index < -0.39 is 10.0 Å². The second kappa shape index (κ2) is 3.14. The molecule has 0 atom stereocenters. The summed E-state index contributed by atoms with van der Waals surface area (Å²) in [6.45, 7) is 0. The van der Waals surface area contributed by atoms with Crippen LogP contribution in [0.3, 0.4) is 0 Å². The van der Waals surface area contributed by atoms with E-state index >= 15 is 0 Å². The van der Waals surface area contributed by atoms with Crippen molar-refractivity contribution in [3.05, 3.63) is 11.4 Å². The molecule has 1 heterocycles. The minimum absolute atomic E-state index is 0.255. The summed E-state index contributed by atoms with van der Waals surface area (Å²) in [6, 6.07) is 1.75. The van der Waals surface area contributed by atoms with Crippen molar-refractivity contribution in [2.45, 2.75) is 9.10 Å². The Bertz CT molecular complexity index is 340. The molecule has 0 unspecified atom stereocenters. The molecular weight excluding hydrogens is 202 g/mol. The van der Waals surface area contributed by atoms with Crippen molar-refractivity contribution in [2.75, 3.05) is 6.26 Å². The van der Waals surface area contributed by atoms with Gasteiger partial charge in [-0.2, -0.15) is 0 Å². The van der Waals surface area contributed by atoms with Crippen LogP contribution in [0.2, 0.25) is 0 Å². The van der Waals surface area contributed by atoms with Crippen LogP contribution < -0.4 is 5.14 Å². The standard InChI is InChI=1S/C5H7NO2S3/c1-9-4-2-3-10-5(4)11(6,7)8/h2-3H,1H3,(H2,6,7,8). The molecule has 0 saturated heterocycles. The molecule has 0 bridgehead atoms. The van der Waals surface area contributed by atoms with Gasteiger partial charge < -0.3 is 0 Å². The average Bonchev–Trinajstić information content (AvgIpc) is 2.31. The molecule has 1 rings (SSSR count). The molecule has 0 fully saturated rings. The Morgan fingerprint density at radius 2 is 2.27 bits per heavy atom. The summed E-state index contributed by atoms with van der Waals surface area (Å²) in [7, 11) is -3.50. The summed E-state index contributed by atoms with van der Waals surface area (Å²) in [5, 5.41) is 6.66. The molecule has 1 aromatic heterocycles. The van der Waals surface area contributed by atoms with Crippen LogP contribution in [-0.2, 0) is 10.0 Å². The summed E-state index contributed by atoms with van der Waals surface area (Å²) in [4.78, 5) is 0.720. The van der Waals surface area contributed by atoms with E-state index in [1.54, 1.807) is 11.4 Å². The molecule has 0 aliphatic rings. The first-order valence-electron chi connectivity index (χ1n) is 2.70. The first-order valence-corrected chi connectivity index (χ1v) is 6.35. The first-order chi connectivity index (χ1) is 5.05. The average molecular weight is 209 g/mol. The SMILES string of the molecule is CSc1ccsc1S(N)(=O)=O. The number of thiophene rings is 1. The number of hydrogen-bond donors (Lipinski definition) is 1. The van der Waals surface area contributed by atoms with E-state index in [0.717, 1.165) is 16.2 Å². The Hall–Kier alpha value is -0.0400. The predicted molar refractivity (Wildman–Crippen MR) is 47.5 cm³/mol. The molecule has 3 nitrogen and oxygen atoms in total. The zero-order valence-electron chi connectivity index (χ0n) is 5.77. The monoisotopic (exact) mass is 209 g/mol. The maximum atomic E-state index is 10.8. The molecule has 0 amide bonds. The minimum Gasteiger partial charge on any atom is -0.224 e. The number of sulfonamides is 1. The molecule has 0 spiro atoms. The third-order valence-corrected chi connectivity index (χ3v) is 4.54. The molecule has 2 N–H and O–H groups in total. The topological polar surface area (TPSA) is 60.2 Å². The fraction of sp³-hybridized carbons (Fsp3) is 0.200. The van der Waals surface area contributed by atoms with Crippen LogP contribution >= 0.6 is 23.1 Å². The van der Waals surface area contributed by atoms with E-state index in [9.17, 15) is 8.42 Å². The smallest absolute Gasteiger partial charge is 0.224 e. The lowest BCUT2D eigenvalue weighted by molar-refractivity contribution is 0.598. The van der Waals surface area contributed by atoms with E-state index in [0.29, 0.717) is 0 Å². The maximum Gasteiger partial charge on any atom is 0.248 e. The maximum absolute atomic E-state index is 10.8. The highest BCUT2D eigenvalue weighted by Crippen LogP contribution is 2.28. The lowest BCUT2D eigenvalue weighted by Crippen LogP contribution is -2.10. The van der Waals surface area contributed by atoms with Crippen molar-refractivity contribution in [1.29, 1.82) is 0 Å². The second-order valence-electron chi connectivity index (χ2n) is 1.82. The van der Waals surface area contributed by atoms with E-state index in [4.69, 9.17) is 5.14 Å². The Labute approximate surface area is 73.7 Å². The number of nitrogens with two attached hydrogens (primary N) is 1. The molecular formula is C5H7NO2S3. The van der Waals surface area contributed by atoms with E-state index in [2.05, 4.69) is 0 Å². The highest BCUT2D eigenvalue weighted by Gasteiger charge is 2.14. The van der Waals surface area contributed by atoms with Crippen LogP contribution in [0.15, 0.2) is 20.6 Å². The van der Waals surface area contributed by atoms with E-state index in [-0.39, 0.29) is 4.21 Å². The predicted octanol–water partition coefficient (Wildman–Crippen LogP) is 1.12. The zero-order valence-corrected chi connectivity index (χ0v) is 8.22. The van der Waals surface area contributed by atoms with E-state index in [1.165, 1.54) is 11.8 Å². The van der Waals surface area contributed by atoms with Gasteiger partial charge in [-0.3, -0.25) is 0 Å². The summed E-state index contributed by atoms with van der Waals surface area (Å²) < 4.78 is 22.0. The molecule has 62 valence electrons. The molecule has 11 heavy (non-hydrogen) atoms. The van der Waals surface area contributed by atoms with Crippen molar-refractivity contribution in [3.63, 3.8) is 0 Å². The van der Waals surface area contributed by atoms with Gasteiger partial charge in [-0.05, 0) is 17.7 Å². The fourth-order valence-electron chi connectivity index (χ4n) is 0.642. The molecule has 0 aromatic carbocycles. The van der Waals surface area contributed by atoms with Crippen molar-refractivity contribution in [2.24, 2.45) is 5.14 Å². The second-order valence-corrected chi connectivity index (χ2v) is 5.34. The molecule has 0 saturated carbocycles. The number of primary sulfonamides is 1. The van der Waals surface area contributed by atoms with Crippen molar-refractivity contribution >= 4 is 33.1 Å². The van der Waals surface area contributed by atoms with Crippen molar-refractivity contribution in [3.8, 4) is 0 Å². The van der Waals surface area contributed by atoms with Crippen LogP contribution in [0.1, 0.15) is 0 Å². The summed E-state index contributed by atoms with van der Waals surface area (Å²) >= 11 is 2.53. The van der Waals surface area contributed by atoms with Gasteiger partial charge in [0.15, 0.2) is 0 Å². The number of hydrogen-bond acceptors (Lipinski definition) is 4. The van der Waals surface area contributed by atoms with Crippen LogP contribution in [0.5, 0.6) is 0 Å². The van der Waals surface area contributed by atoms with Crippen LogP contribution in [0.4, 0.5) is 0 Å².